The predicted molar refractivity (Wildman–Crippen MR) is 149 cm³/mol. The largest absolute Gasteiger partial charge is 0.350 e. The molecule has 0 radical (unpaired) electrons. The van der Waals surface area contributed by atoms with Gasteiger partial charge in [0.25, 0.3) is 0 Å². The van der Waals surface area contributed by atoms with E-state index >= 15 is 0 Å². The average Bonchev–Trinajstić information content (AvgIpc) is 2.86. The number of halogens is 1. The van der Waals surface area contributed by atoms with Gasteiger partial charge in [0.2, 0.25) is 11.9 Å². The fourth-order valence-electron chi connectivity index (χ4n) is 5.18. The Balaban J connectivity index is 1.35. The van der Waals surface area contributed by atoms with Gasteiger partial charge in [0.05, 0.1) is 11.9 Å². The van der Waals surface area contributed by atoms with Crippen LogP contribution in [0.15, 0.2) is 30.5 Å². The highest BCUT2D eigenvalue weighted by atomic mass is 35.5. The number of hydrogen-bond donors (Lipinski definition) is 2. The van der Waals surface area contributed by atoms with E-state index in [2.05, 4.69) is 25.5 Å². The molecule has 0 bridgehead atoms. The van der Waals surface area contributed by atoms with Crippen LogP contribution >= 0.6 is 18.7 Å². The van der Waals surface area contributed by atoms with Crippen LogP contribution in [0.2, 0.25) is 5.02 Å². The summed E-state index contributed by atoms with van der Waals surface area (Å²) >= 11 is 6.41. The quantitative estimate of drug-likeness (QED) is 0.478. The van der Waals surface area contributed by atoms with Crippen molar-refractivity contribution in [3.63, 3.8) is 0 Å². The van der Waals surface area contributed by atoms with E-state index in [-0.39, 0.29) is 11.9 Å². The lowest BCUT2D eigenvalue weighted by atomic mass is 9.94. The first-order chi connectivity index (χ1) is 17.2. The number of benzene rings is 1. The summed E-state index contributed by atoms with van der Waals surface area (Å²) in [5, 5.41) is 7.95. The molecular weight excluding hydrogens is 495 g/mol. The van der Waals surface area contributed by atoms with Gasteiger partial charge < -0.3 is 25.0 Å². The van der Waals surface area contributed by atoms with E-state index in [0.29, 0.717) is 29.1 Å². The molecule has 2 fully saturated rings. The molecule has 1 amide bonds. The maximum absolute atomic E-state index is 12.7. The Morgan fingerprint density at radius 3 is 2.64 bits per heavy atom. The van der Waals surface area contributed by atoms with E-state index in [0.717, 1.165) is 69.4 Å². The number of amides is 1. The van der Waals surface area contributed by atoms with Gasteiger partial charge in [0.15, 0.2) is 5.82 Å². The van der Waals surface area contributed by atoms with Gasteiger partial charge in [-0.15, -0.1) is 0 Å². The van der Waals surface area contributed by atoms with Crippen LogP contribution in [0.3, 0.4) is 0 Å². The van der Waals surface area contributed by atoms with Crippen molar-refractivity contribution in [2.75, 3.05) is 56.7 Å². The minimum absolute atomic E-state index is 0.258. The van der Waals surface area contributed by atoms with Crippen LogP contribution in [0, 0.1) is 5.92 Å². The van der Waals surface area contributed by atoms with Crippen molar-refractivity contribution >= 4 is 47.4 Å². The van der Waals surface area contributed by atoms with E-state index in [1.807, 2.05) is 36.1 Å². The lowest BCUT2D eigenvalue weighted by Crippen LogP contribution is -2.46. The monoisotopic (exact) mass is 532 g/mol. The van der Waals surface area contributed by atoms with E-state index < -0.39 is 7.14 Å². The van der Waals surface area contributed by atoms with Crippen LogP contribution in [0.4, 0.5) is 17.5 Å². The van der Waals surface area contributed by atoms with Crippen molar-refractivity contribution in [3.8, 4) is 0 Å². The smallest absolute Gasteiger partial charge is 0.224 e. The summed E-state index contributed by atoms with van der Waals surface area (Å²) in [5.41, 5.74) is 0.743. The highest BCUT2D eigenvalue weighted by Gasteiger charge is 2.27. The maximum Gasteiger partial charge on any atom is 0.224 e. The second-order valence-electron chi connectivity index (χ2n) is 10.3. The molecule has 0 saturated carbocycles. The molecule has 1 atom stereocenters. The fraction of sp³-hybridized carbons (Fsp3) is 0.577. The van der Waals surface area contributed by atoms with Crippen LogP contribution in [0.25, 0.3) is 0 Å². The second kappa shape index (κ2) is 11.9. The first-order valence-electron chi connectivity index (χ1n) is 12.9. The van der Waals surface area contributed by atoms with Crippen molar-refractivity contribution in [1.82, 2.24) is 19.8 Å². The summed E-state index contributed by atoms with van der Waals surface area (Å²) in [6.45, 7) is 10.3. The van der Waals surface area contributed by atoms with Crippen molar-refractivity contribution in [2.24, 2.45) is 5.92 Å². The number of likely N-dealkylation sites (tertiary alicyclic amines) is 2. The number of para-hydroxylation sites is 1. The second-order valence-corrected chi connectivity index (χ2v) is 13.9. The predicted octanol–water partition coefficient (Wildman–Crippen LogP) is 4.65. The molecular formula is C26H38ClN6O2P. The molecule has 3 heterocycles. The third kappa shape index (κ3) is 6.99. The lowest BCUT2D eigenvalue weighted by Gasteiger charge is -2.38. The molecule has 0 aliphatic carbocycles. The summed E-state index contributed by atoms with van der Waals surface area (Å²) in [7, 11) is -2.47. The van der Waals surface area contributed by atoms with Gasteiger partial charge in [-0.1, -0.05) is 30.7 Å². The molecule has 2 aromatic rings. The van der Waals surface area contributed by atoms with Crippen molar-refractivity contribution in [1.29, 1.82) is 0 Å². The molecule has 8 nitrogen and oxygen atoms in total. The van der Waals surface area contributed by atoms with Crippen molar-refractivity contribution < 1.29 is 9.36 Å². The number of carbonyl (C=O) groups is 1. The van der Waals surface area contributed by atoms with Crippen LogP contribution in [0.1, 0.15) is 39.0 Å². The Morgan fingerprint density at radius 2 is 1.92 bits per heavy atom. The van der Waals surface area contributed by atoms with Gasteiger partial charge >= 0.3 is 0 Å². The number of anilines is 3. The summed E-state index contributed by atoms with van der Waals surface area (Å²) < 4.78 is 12.7. The molecule has 1 aromatic heterocycles. The number of piperidine rings is 2. The lowest BCUT2D eigenvalue weighted by molar-refractivity contribution is -0.132. The molecule has 1 aromatic carbocycles. The summed E-state index contributed by atoms with van der Waals surface area (Å²) in [4.78, 5) is 25.6. The third-order valence-corrected chi connectivity index (χ3v) is 8.93. The molecule has 196 valence electrons. The average molecular weight is 533 g/mol. The number of aromatic nitrogens is 2. The van der Waals surface area contributed by atoms with Crippen LogP contribution in [-0.2, 0) is 9.36 Å². The first kappa shape index (κ1) is 26.9. The summed E-state index contributed by atoms with van der Waals surface area (Å²) in [6, 6.07) is 7.81. The standard InChI is InChI=1S/C26H38ClN6O2P/c1-4-24(34)33-14-11-19(12-15-33)17-32-13-7-8-20(18-32)29-26-28-16-21(27)25(31-26)30-22-9-5-6-10-23(22)36(2,3)35/h5-6,9-10,16,19-20H,4,7-8,11-15,17-18H2,1-3H3,(H2,28,29,30,31)/t20-/m1/s1. The Morgan fingerprint density at radius 1 is 1.17 bits per heavy atom. The molecule has 2 aliphatic rings. The molecule has 2 N–H and O–H groups in total. The summed E-state index contributed by atoms with van der Waals surface area (Å²) in [6.07, 6.45) is 6.55. The number of nitrogens with one attached hydrogen (secondary N) is 2. The SMILES string of the molecule is CCC(=O)N1CCC(CN2CCC[C@@H](Nc3ncc(Cl)c(Nc4ccccc4P(C)(C)=O)n3)C2)CC1. The van der Waals surface area contributed by atoms with Gasteiger partial charge in [-0.05, 0) is 63.6 Å². The zero-order valence-electron chi connectivity index (χ0n) is 21.5. The molecule has 0 spiro atoms. The fourth-order valence-corrected chi connectivity index (χ4v) is 6.47. The van der Waals surface area contributed by atoms with Crippen molar-refractivity contribution in [3.05, 3.63) is 35.5 Å². The number of nitrogens with zero attached hydrogens (tertiary/aromatic N) is 4. The zero-order valence-corrected chi connectivity index (χ0v) is 23.2. The van der Waals surface area contributed by atoms with Crippen LogP contribution in [-0.4, -0.2) is 77.8 Å². The zero-order chi connectivity index (χ0) is 25.7. The number of rotatable bonds is 8. The number of hydrogen-bond acceptors (Lipinski definition) is 7. The van der Waals surface area contributed by atoms with Crippen LogP contribution < -0.4 is 15.9 Å². The molecule has 2 aliphatic heterocycles. The highest BCUT2D eigenvalue weighted by molar-refractivity contribution is 7.70. The molecule has 0 unspecified atom stereocenters. The Labute approximate surface area is 219 Å². The molecule has 4 rings (SSSR count). The van der Waals surface area contributed by atoms with Gasteiger partial charge in [-0.2, -0.15) is 4.98 Å². The van der Waals surface area contributed by atoms with E-state index in [1.54, 1.807) is 19.5 Å². The Kier molecular flexibility index (Phi) is 8.91. The van der Waals surface area contributed by atoms with Crippen LogP contribution in [0.5, 0.6) is 0 Å². The molecule has 2 saturated heterocycles. The molecule has 36 heavy (non-hydrogen) atoms. The van der Waals surface area contributed by atoms with Gasteiger partial charge in [0.1, 0.15) is 12.2 Å². The Hall–Kier alpha value is -2.15. The van der Waals surface area contributed by atoms with Gasteiger partial charge in [-0.25, -0.2) is 4.98 Å². The van der Waals surface area contributed by atoms with Crippen molar-refractivity contribution in [2.45, 2.75) is 45.1 Å². The van der Waals surface area contributed by atoms with E-state index in [1.165, 1.54) is 0 Å². The van der Waals surface area contributed by atoms with Gasteiger partial charge in [0, 0.05) is 43.9 Å². The topological polar surface area (TPSA) is 90.5 Å². The maximum atomic E-state index is 12.7. The summed E-state index contributed by atoms with van der Waals surface area (Å²) in [5.74, 6) is 1.94. The molecule has 10 heteroatoms. The van der Waals surface area contributed by atoms with Gasteiger partial charge in [-0.3, -0.25) is 4.79 Å². The van der Waals surface area contributed by atoms with E-state index in [4.69, 9.17) is 11.6 Å². The Bertz CT molecular complexity index is 1100. The normalized spacial score (nSPS) is 19.8. The third-order valence-electron chi connectivity index (χ3n) is 7.11. The number of carbonyl (C=O) groups excluding carboxylic acids is 1. The minimum Gasteiger partial charge on any atom is -0.350 e. The first-order valence-corrected chi connectivity index (χ1v) is 15.9. The highest BCUT2D eigenvalue weighted by Crippen LogP contribution is 2.38. The minimum atomic E-state index is -2.47. The van der Waals surface area contributed by atoms with E-state index in [9.17, 15) is 9.36 Å².